The van der Waals surface area contributed by atoms with E-state index in [0.717, 1.165) is 11.3 Å². The van der Waals surface area contributed by atoms with Crippen molar-refractivity contribution < 1.29 is 23.6 Å². The van der Waals surface area contributed by atoms with Crippen LogP contribution in [0.2, 0.25) is 0 Å². The summed E-state index contributed by atoms with van der Waals surface area (Å²) in [6, 6.07) is 7.85. The number of aromatic nitrogens is 3. The number of rotatable bonds is 8. The number of nitrogens with zero attached hydrogens (tertiary/aromatic N) is 4. The summed E-state index contributed by atoms with van der Waals surface area (Å²) >= 11 is 1.000. The van der Waals surface area contributed by atoms with Crippen LogP contribution in [0.15, 0.2) is 28.8 Å². The van der Waals surface area contributed by atoms with Gasteiger partial charge in [-0.05, 0) is 39.8 Å². The van der Waals surface area contributed by atoms with E-state index < -0.39 is 29.4 Å². The van der Waals surface area contributed by atoms with Crippen molar-refractivity contribution >= 4 is 34.3 Å². The molecule has 1 atom stereocenters. The van der Waals surface area contributed by atoms with E-state index in [-0.39, 0.29) is 18.0 Å². The zero-order valence-corrected chi connectivity index (χ0v) is 21.4. The number of benzene rings is 1. The Hall–Kier alpha value is -4.11. The first-order valence-corrected chi connectivity index (χ1v) is 11.9. The first-order valence-electron chi connectivity index (χ1n) is 11.0. The fraction of sp³-hybridized carbons (Fsp3) is 0.375. The number of esters is 1. The summed E-state index contributed by atoms with van der Waals surface area (Å²) in [6.45, 7) is 8.59. The van der Waals surface area contributed by atoms with Gasteiger partial charge in [-0.15, -0.1) is 0 Å². The summed E-state index contributed by atoms with van der Waals surface area (Å²) in [5.74, 6) is -0.697. The highest BCUT2D eigenvalue weighted by Crippen LogP contribution is 2.25. The lowest BCUT2D eigenvalue weighted by Gasteiger charge is -2.18. The molecule has 0 aliphatic heterocycles. The van der Waals surface area contributed by atoms with Crippen LogP contribution in [0, 0.1) is 25.2 Å². The smallest absolute Gasteiger partial charge is 0.350 e. The Morgan fingerprint density at radius 1 is 1.22 bits per heavy atom. The first-order chi connectivity index (χ1) is 16.9. The van der Waals surface area contributed by atoms with Crippen LogP contribution in [0.4, 0.5) is 5.13 Å². The molecule has 0 aliphatic carbocycles. The number of carbonyl (C=O) groups is 3. The number of hydrogen-bond donors (Lipinski definition) is 2. The minimum Gasteiger partial charge on any atom is -0.456 e. The number of hydrogen-bond acceptors (Lipinski definition) is 10. The molecule has 36 heavy (non-hydrogen) atoms. The van der Waals surface area contributed by atoms with Gasteiger partial charge in [0, 0.05) is 24.5 Å². The third kappa shape index (κ3) is 7.19. The lowest BCUT2D eigenvalue weighted by Crippen LogP contribution is -2.37. The second-order valence-electron chi connectivity index (χ2n) is 8.94. The van der Waals surface area contributed by atoms with Crippen LogP contribution in [0.25, 0.3) is 11.4 Å². The molecule has 0 spiro atoms. The molecule has 2 amide bonds. The zero-order chi connectivity index (χ0) is 26.5. The van der Waals surface area contributed by atoms with Crippen molar-refractivity contribution in [3.05, 3.63) is 46.3 Å². The van der Waals surface area contributed by atoms with Crippen molar-refractivity contribution in [2.75, 3.05) is 5.32 Å². The molecule has 0 unspecified atom stereocenters. The van der Waals surface area contributed by atoms with Gasteiger partial charge in [0.25, 0.3) is 5.91 Å². The summed E-state index contributed by atoms with van der Waals surface area (Å²) < 4.78 is 10.3. The van der Waals surface area contributed by atoms with E-state index in [1.165, 1.54) is 0 Å². The van der Waals surface area contributed by atoms with E-state index in [4.69, 9.17) is 9.26 Å². The van der Waals surface area contributed by atoms with E-state index >= 15 is 0 Å². The second-order valence-corrected chi connectivity index (χ2v) is 9.94. The number of amides is 2. The number of nitriles is 1. The molecule has 12 heteroatoms. The van der Waals surface area contributed by atoms with Gasteiger partial charge < -0.3 is 19.9 Å². The fourth-order valence-corrected chi connectivity index (χ4v) is 3.99. The highest BCUT2D eigenvalue weighted by Gasteiger charge is 2.24. The molecule has 0 radical (unpaired) electrons. The van der Waals surface area contributed by atoms with Crippen LogP contribution >= 0.6 is 11.3 Å². The van der Waals surface area contributed by atoms with Crippen LogP contribution in [-0.4, -0.2) is 44.6 Å². The molecule has 2 N–H and O–H groups in total. The number of nitrogens with one attached hydrogen (secondary N) is 2. The van der Waals surface area contributed by atoms with Crippen molar-refractivity contribution in [1.29, 1.82) is 5.26 Å². The molecular weight excluding hydrogens is 484 g/mol. The molecule has 0 aliphatic rings. The van der Waals surface area contributed by atoms with Crippen molar-refractivity contribution in [1.82, 2.24) is 20.4 Å². The predicted molar refractivity (Wildman–Crippen MR) is 131 cm³/mol. The quantitative estimate of drug-likeness (QED) is 0.429. The Kier molecular flexibility index (Phi) is 8.16. The molecule has 0 fully saturated rings. The number of ether oxygens (including phenoxy) is 1. The summed E-state index contributed by atoms with van der Waals surface area (Å²) in [6.07, 6.45) is -0.244. The number of carbonyl (C=O) groups excluding carboxylic acids is 3. The van der Waals surface area contributed by atoms with E-state index in [2.05, 4.69) is 25.8 Å². The minimum atomic E-state index is -0.745. The molecule has 0 saturated carbocycles. The lowest BCUT2D eigenvalue weighted by molar-refractivity contribution is -0.116. The van der Waals surface area contributed by atoms with Crippen LogP contribution in [0.3, 0.4) is 0 Å². The third-order valence-corrected chi connectivity index (χ3v) is 5.70. The van der Waals surface area contributed by atoms with Gasteiger partial charge in [-0.1, -0.05) is 28.6 Å². The van der Waals surface area contributed by atoms with E-state index in [0.29, 0.717) is 33.4 Å². The van der Waals surface area contributed by atoms with Gasteiger partial charge in [0.05, 0.1) is 24.2 Å². The molecule has 2 heterocycles. The minimum absolute atomic E-state index is 0.0804. The Morgan fingerprint density at radius 2 is 1.97 bits per heavy atom. The molecule has 2 aromatic heterocycles. The third-order valence-electron chi connectivity index (χ3n) is 4.64. The average Bonchev–Trinajstić information content (AvgIpc) is 3.38. The van der Waals surface area contributed by atoms with Crippen LogP contribution < -0.4 is 10.6 Å². The summed E-state index contributed by atoms with van der Waals surface area (Å²) in [7, 11) is 0. The Labute approximate surface area is 211 Å². The van der Waals surface area contributed by atoms with Crippen LogP contribution in [0.1, 0.15) is 65.2 Å². The summed E-state index contributed by atoms with van der Waals surface area (Å²) in [5, 5.41) is 18.6. The predicted octanol–water partition coefficient (Wildman–Crippen LogP) is 3.81. The summed E-state index contributed by atoms with van der Waals surface area (Å²) in [4.78, 5) is 46.5. The molecule has 188 valence electrons. The van der Waals surface area contributed by atoms with E-state index in [1.54, 1.807) is 58.9 Å². The van der Waals surface area contributed by atoms with Crippen molar-refractivity contribution in [2.24, 2.45) is 0 Å². The maximum Gasteiger partial charge on any atom is 0.350 e. The molecule has 3 rings (SSSR count). The normalized spacial score (nSPS) is 11.9. The monoisotopic (exact) mass is 510 g/mol. The average molecular weight is 511 g/mol. The van der Waals surface area contributed by atoms with Crippen molar-refractivity contribution in [3.63, 3.8) is 0 Å². The van der Waals surface area contributed by atoms with Gasteiger partial charge in [-0.2, -0.15) is 10.2 Å². The van der Waals surface area contributed by atoms with Crippen molar-refractivity contribution in [3.8, 4) is 17.5 Å². The molecular formula is C24H26N6O5S. The van der Waals surface area contributed by atoms with Crippen LogP contribution in [0.5, 0.6) is 0 Å². The summed E-state index contributed by atoms with van der Waals surface area (Å²) in [5.41, 5.74) is 0.678. The molecule has 11 nitrogen and oxygen atoms in total. The Bertz CT molecular complexity index is 1320. The standard InChI is InChI=1S/C24H26N6O5S/c1-13-19(22(33)34-24(3,4)5)36-23(26-13)29-18(31)12-17(9-10-25)28-21(32)16-8-6-7-15(11-16)20-27-14(2)35-30-20/h6-8,11,17H,9,12H2,1-5H3,(H,28,32)(H,26,29,31)/t17-/m1/s1. The highest BCUT2D eigenvalue weighted by molar-refractivity contribution is 7.17. The maximum atomic E-state index is 12.8. The van der Waals surface area contributed by atoms with Gasteiger partial charge >= 0.3 is 5.97 Å². The molecule has 0 saturated heterocycles. The van der Waals surface area contributed by atoms with Gasteiger partial charge in [0.2, 0.25) is 17.6 Å². The lowest BCUT2D eigenvalue weighted by atomic mass is 10.1. The van der Waals surface area contributed by atoms with Crippen molar-refractivity contribution in [2.45, 2.75) is 59.1 Å². The van der Waals surface area contributed by atoms with Gasteiger partial charge in [0.15, 0.2) is 5.13 Å². The fourth-order valence-electron chi connectivity index (χ4n) is 3.13. The molecule has 1 aromatic carbocycles. The second kappa shape index (κ2) is 11.1. The number of thiazole rings is 1. The van der Waals surface area contributed by atoms with Gasteiger partial charge in [-0.25, -0.2) is 9.78 Å². The zero-order valence-electron chi connectivity index (χ0n) is 20.5. The topological polar surface area (TPSA) is 160 Å². The number of anilines is 1. The largest absolute Gasteiger partial charge is 0.456 e. The van der Waals surface area contributed by atoms with E-state index in [9.17, 15) is 19.6 Å². The number of aryl methyl sites for hydroxylation is 2. The highest BCUT2D eigenvalue weighted by atomic mass is 32.1. The first kappa shape index (κ1) is 26.5. The Balaban J connectivity index is 1.64. The van der Waals surface area contributed by atoms with Gasteiger partial charge in [-0.3, -0.25) is 9.59 Å². The van der Waals surface area contributed by atoms with E-state index in [1.807, 2.05) is 6.07 Å². The maximum absolute atomic E-state index is 12.8. The van der Waals surface area contributed by atoms with Gasteiger partial charge in [0.1, 0.15) is 10.5 Å². The Morgan fingerprint density at radius 3 is 2.61 bits per heavy atom. The molecule has 3 aromatic rings. The molecule has 0 bridgehead atoms. The van der Waals surface area contributed by atoms with Crippen LogP contribution in [-0.2, 0) is 9.53 Å². The SMILES string of the molecule is Cc1nc(-c2cccc(C(=O)N[C@H](CC#N)CC(=O)Nc3nc(C)c(C(=O)OC(C)(C)C)s3)c2)no1.